The van der Waals surface area contributed by atoms with Gasteiger partial charge in [-0.05, 0) is 12.8 Å². The summed E-state index contributed by atoms with van der Waals surface area (Å²) < 4.78 is 52.6. The third-order valence-corrected chi connectivity index (χ3v) is 3.24. The standard InChI is InChI=1S/C7H11ClF2O3S/c8-14(11,12)5-7(9,10)6-1-3-13-4-2-6/h6H,1-5H2. The summed E-state index contributed by atoms with van der Waals surface area (Å²) >= 11 is 0. The molecule has 0 radical (unpaired) electrons. The molecule has 0 aromatic rings. The Morgan fingerprint density at radius 3 is 2.29 bits per heavy atom. The van der Waals surface area contributed by atoms with E-state index in [2.05, 4.69) is 0 Å². The highest BCUT2D eigenvalue weighted by atomic mass is 35.7. The zero-order valence-electron chi connectivity index (χ0n) is 7.38. The van der Waals surface area contributed by atoms with Crippen molar-refractivity contribution in [1.82, 2.24) is 0 Å². The largest absolute Gasteiger partial charge is 0.381 e. The second-order valence-electron chi connectivity index (χ2n) is 3.33. The van der Waals surface area contributed by atoms with Crippen LogP contribution in [0.2, 0.25) is 0 Å². The van der Waals surface area contributed by atoms with E-state index < -0.39 is 26.6 Å². The van der Waals surface area contributed by atoms with E-state index in [-0.39, 0.29) is 26.1 Å². The predicted molar refractivity (Wildman–Crippen MR) is 48.1 cm³/mol. The van der Waals surface area contributed by atoms with Crippen LogP contribution in [0.1, 0.15) is 12.8 Å². The molecule has 0 aromatic heterocycles. The fourth-order valence-corrected chi connectivity index (χ4v) is 2.60. The van der Waals surface area contributed by atoms with E-state index in [9.17, 15) is 17.2 Å². The molecule has 0 bridgehead atoms. The molecule has 7 heteroatoms. The molecule has 0 atom stereocenters. The normalized spacial score (nSPS) is 21.1. The minimum atomic E-state index is -4.15. The molecule has 1 heterocycles. The van der Waals surface area contributed by atoms with Crippen molar-refractivity contribution < 1.29 is 21.9 Å². The molecule has 0 spiro atoms. The molecule has 0 amide bonds. The van der Waals surface area contributed by atoms with E-state index in [0.717, 1.165) is 0 Å². The van der Waals surface area contributed by atoms with Crippen molar-refractivity contribution in [3.63, 3.8) is 0 Å². The lowest BCUT2D eigenvalue weighted by Crippen LogP contribution is -2.38. The lowest BCUT2D eigenvalue weighted by Gasteiger charge is -2.28. The third kappa shape index (κ3) is 3.67. The fourth-order valence-electron chi connectivity index (χ4n) is 1.47. The average molecular weight is 249 g/mol. The van der Waals surface area contributed by atoms with Crippen LogP contribution in [0.15, 0.2) is 0 Å². The minimum absolute atomic E-state index is 0.180. The molecule has 84 valence electrons. The zero-order valence-corrected chi connectivity index (χ0v) is 8.95. The first kappa shape index (κ1) is 12.1. The van der Waals surface area contributed by atoms with E-state index in [0.29, 0.717) is 0 Å². The molecular formula is C7H11ClF2O3S. The Labute approximate surface area is 85.8 Å². The summed E-state index contributed by atoms with van der Waals surface area (Å²) in [5, 5.41) is 0. The maximum atomic E-state index is 13.3. The van der Waals surface area contributed by atoms with Crippen molar-refractivity contribution in [3.8, 4) is 0 Å². The third-order valence-electron chi connectivity index (χ3n) is 2.18. The average Bonchev–Trinajstić information content (AvgIpc) is 2.01. The first-order valence-electron chi connectivity index (χ1n) is 4.19. The first-order valence-corrected chi connectivity index (χ1v) is 6.67. The molecule has 1 fully saturated rings. The Hall–Kier alpha value is 0.0600. The van der Waals surface area contributed by atoms with E-state index >= 15 is 0 Å². The Bertz CT molecular complexity index is 285. The van der Waals surface area contributed by atoms with Crippen LogP contribution in [0.4, 0.5) is 8.78 Å². The number of ether oxygens (including phenoxy) is 1. The van der Waals surface area contributed by atoms with Crippen LogP contribution in [0.25, 0.3) is 0 Å². The minimum Gasteiger partial charge on any atom is -0.381 e. The highest BCUT2D eigenvalue weighted by Gasteiger charge is 2.43. The van der Waals surface area contributed by atoms with Crippen molar-refractivity contribution in [2.45, 2.75) is 18.8 Å². The molecule has 1 saturated heterocycles. The second kappa shape index (κ2) is 4.28. The van der Waals surface area contributed by atoms with Crippen molar-refractivity contribution in [2.24, 2.45) is 5.92 Å². The van der Waals surface area contributed by atoms with Crippen LogP contribution in [-0.4, -0.2) is 33.3 Å². The summed E-state index contributed by atoms with van der Waals surface area (Å²) in [5.41, 5.74) is 0. The number of hydrogen-bond donors (Lipinski definition) is 0. The van der Waals surface area contributed by atoms with Crippen molar-refractivity contribution in [2.75, 3.05) is 19.0 Å². The summed E-state index contributed by atoms with van der Waals surface area (Å²) in [6.45, 7) is 0.505. The Morgan fingerprint density at radius 2 is 1.86 bits per heavy atom. The van der Waals surface area contributed by atoms with Crippen LogP contribution < -0.4 is 0 Å². The monoisotopic (exact) mass is 248 g/mol. The topological polar surface area (TPSA) is 43.4 Å². The van der Waals surface area contributed by atoms with Gasteiger partial charge in [-0.25, -0.2) is 17.2 Å². The van der Waals surface area contributed by atoms with Crippen molar-refractivity contribution in [1.29, 1.82) is 0 Å². The molecule has 0 aliphatic carbocycles. The SMILES string of the molecule is O=S(=O)(Cl)CC(F)(F)C1CCOCC1. The van der Waals surface area contributed by atoms with Gasteiger partial charge >= 0.3 is 0 Å². The molecule has 1 rings (SSSR count). The van der Waals surface area contributed by atoms with Crippen LogP contribution in [-0.2, 0) is 13.8 Å². The van der Waals surface area contributed by atoms with Gasteiger partial charge in [-0.15, -0.1) is 0 Å². The molecule has 3 nitrogen and oxygen atoms in total. The maximum Gasteiger partial charge on any atom is 0.266 e. The summed E-state index contributed by atoms with van der Waals surface area (Å²) in [6.07, 6.45) is 0.360. The smallest absolute Gasteiger partial charge is 0.266 e. The molecule has 1 aliphatic heterocycles. The van der Waals surface area contributed by atoms with Crippen LogP contribution >= 0.6 is 10.7 Å². The number of halogens is 3. The fraction of sp³-hybridized carbons (Fsp3) is 1.00. The lowest BCUT2D eigenvalue weighted by atomic mass is 9.94. The Kier molecular flexibility index (Phi) is 3.71. The summed E-state index contributed by atoms with van der Waals surface area (Å²) in [7, 11) is 0.648. The number of rotatable bonds is 3. The molecule has 0 unspecified atom stereocenters. The quantitative estimate of drug-likeness (QED) is 0.713. The molecule has 0 N–H and O–H groups in total. The molecular weight excluding hydrogens is 238 g/mol. The molecule has 14 heavy (non-hydrogen) atoms. The maximum absolute atomic E-state index is 13.3. The molecule has 1 aliphatic rings. The van der Waals surface area contributed by atoms with Gasteiger partial charge in [0.1, 0.15) is 5.75 Å². The highest BCUT2D eigenvalue weighted by molar-refractivity contribution is 8.13. The summed E-state index contributed by atoms with van der Waals surface area (Å²) in [6, 6.07) is 0. The molecule has 0 saturated carbocycles. The van der Waals surface area contributed by atoms with Gasteiger partial charge < -0.3 is 4.74 Å². The molecule has 0 aromatic carbocycles. The lowest BCUT2D eigenvalue weighted by molar-refractivity contribution is -0.0788. The summed E-state index contributed by atoms with van der Waals surface area (Å²) in [4.78, 5) is 0. The van der Waals surface area contributed by atoms with Gasteiger partial charge in [0.15, 0.2) is 0 Å². The van der Waals surface area contributed by atoms with Gasteiger partial charge in [0, 0.05) is 29.8 Å². The van der Waals surface area contributed by atoms with E-state index in [1.165, 1.54) is 0 Å². The van der Waals surface area contributed by atoms with Gasteiger partial charge in [0.05, 0.1) is 0 Å². The predicted octanol–water partition coefficient (Wildman–Crippen LogP) is 1.62. The highest BCUT2D eigenvalue weighted by Crippen LogP contribution is 2.34. The van der Waals surface area contributed by atoms with Gasteiger partial charge in [0.25, 0.3) is 5.92 Å². The Balaban J connectivity index is 2.63. The van der Waals surface area contributed by atoms with Crippen LogP contribution in [0, 0.1) is 5.92 Å². The van der Waals surface area contributed by atoms with Gasteiger partial charge in [0.2, 0.25) is 9.05 Å². The van der Waals surface area contributed by atoms with E-state index in [1.54, 1.807) is 0 Å². The van der Waals surface area contributed by atoms with Gasteiger partial charge in [-0.1, -0.05) is 0 Å². The zero-order chi connectivity index (χ0) is 10.8. The van der Waals surface area contributed by atoms with Crippen molar-refractivity contribution in [3.05, 3.63) is 0 Å². The van der Waals surface area contributed by atoms with Crippen LogP contribution in [0.3, 0.4) is 0 Å². The second-order valence-corrected chi connectivity index (χ2v) is 6.11. The number of alkyl halides is 2. The van der Waals surface area contributed by atoms with Crippen molar-refractivity contribution >= 4 is 19.7 Å². The van der Waals surface area contributed by atoms with E-state index in [4.69, 9.17) is 15.4 Å². The van der Waals surface area contributed by atoms with Gasteiger partial charge in [-0.3, -0.25) is 0 Å². The van der Waals surface area contributed by atoms with E-state index in [1.807, 2.05) is 0 Å². The Morgan fingerprint density at radius 1 is 1.36 bits per heavy atom. The van der Waals surface area contributed by atoms with Gasteiger partial charge in [-0.2, -0.15) is 0 Å². The van der Waals surface area contributed by atoms with Crippen LogP contribution in [0.5, 0.6) is 0 Å². The number of hydrogen-bond acceptors (Lipinski definition) is 3. The summed E-state index contributed by atoms with van der Waals surface area (Å²) in [5.74, 6) is -5.47. The first-order chi connectivity index (χ1) is 6.31.